The molecule has 0 fully saturated rings. The summed E-state index contributed by atoms with van der Waals surface area (Å²) in [4.78, 5) is 10.7. The first-order chi connectivity index (χ1) is 13.4. The SMILES string of the molecule is CNc1ccc(C(c2ccc([N+](=O)[O-])cc2)c2ccc(NC)cc2C)c(C)c1. The molecule has 28 heavy (non-hydrogen) atoms. The monoisotopic (exact) mass is 375 g/mol. The van der Waals surface area contributed by atoms with E-state index >= 15 is 0 Å². The standard InChI is InChI=1S/C23H25N3O2/c1-15-13-18(24-3)7-11-21(15)23(17-5-9-20(10-6-17)26(27)28)22-12-8-19(25-4)14-16(22)2/h5-14,23-25H,1-4H3. The maximum atomic E-state index is 11.1. The number of hydrogen-bond acceptors (Lipinski definition) is 4. The minimum atomic E-state index is -0.362. The van der Waals surface area contributed by atoms with Crippen LogP contribution >= 0.6 is 0 Å². The van der Waals surface area contributed by atoms with Crippen LogP contribution < -0.4 is 10.6 Å². The number of nitrogens with one attached hydrogen (secondary N) is 2. The molecule has 0 aliphatic heterocycles. The number of non-ortho nitro benzene ring substituents is 1. The first-order valence-corrected chi connectivity index (χ1v) is 9.25. The molecule has 0 saturated heterocycles. The van der Waals surface area contributed by atoms with Crippen molar-refractivity contribution in [1.29, 1.82) is 0 Å². The van der Waals surface area contributed by atoms with E-state index in [0.29, 0.717) is 0 Å². The molecule has 0 amide bonds. The molecule has 0 saturated carbocycles. The fourth-order valence-corrected chi connectivity index (χ4v) is 3.63. The van der Waals surface area contributed by atoms with Gasteiger partial charge in [0, 0.05) is 43.5 Å². The first-order valence-electron chi connectivity index (χ1n) is 9.25. The van der Waals surface area contributed by atoms with Gasteiger partial charge in [-0.2, -0.15) is 0 Å². The fraction of sp³-hybridized carbons (Fsp3) is 0.217. The van der Waals surface area contributed by atoms with Gasteiger partial charge in [0.1, 0.15) is 0 Å². The van der Waals surface area contributed by atoms with E-state index in [1.165, 1.54) is 22.3 Å². The Kier molecular flexibility index (Phi) is 5.64. The van der Waals surface area contributed by atoms with Crippen molar-refractivity contribution in [3.05, 3.63) is 98.6 Å². The van der Waals surface area contributed by atoms with E-state index in [-0.39, 0.29) is 16.5 Å². The Hall–Kier alpha value is -3.34. The lowest BCUT2D eigenvalue weighted by molar-refractivity contribution is -0.384. The lowest BCUT2D eigenvalue weighted by Gasteiger charge is -2.23. The summed E-state index contributed by atoms with van der Waals surface area (Å²) in [5.41, 5.74) is 7.98. The van der Waals surface area contributed by atoms with Crippen LogP contribution in [0.25, 0.3) is 0 Å². The van der Waals surface area contributed by atoms with E-state index in [4.69, 9.17) is 0 Å². The minimum absolute atomic E-state index is 0.00221. The summed E-state index contributed by atoms with van der Waals surface area (Å²) in [6, 6.07) is 19.6. The fourth-order valence-electron chi connectivity index (χ4n) is 3.63. The Bertz CT molecular complexity index is 944. The van der Waals surface area contributed by atoms with E-state index < -0.39 is 0 Å². The molecule has 2 N–H and O–H groups in total. The zero-order chi connectivity index (χ0) is 20.3. The second-order valence-electron chi connectivity index (χ2n) is 6.92. The molecule has 5 heteroatoms. The molecular weight excluding hydrogens is 350 g/mol. The summed E-state index contributed by atoms with van der Waals surface area (Å²) in [6.45, 7) is 4.21. The average Bonchev–Trinajstić information content (AvgIpc) is 2.70. The number of benzene rings is 3. The molecule has 3 rings (SSSR count). The third-order valence-corrected chi connectivity index (χ3v) is 5.18. The molecule has 5 nitrogen and oxygen atoms in total. The van der Waals surface area contributed by atoms with Gasteiger partial charge in [0.25, 0.3) is 5.69 Å². The zero-order valence-electron chi connectivity index (χ0n) is 16.6. The Labute approximate surface area is 165 Å². The molecular formula is C23H25N3O2. The summed E-state index contributed by atoms with van der Waals surface area (Å²) in [5.74, 6) is -0.00221. The Morgan fingerprint density at radius 3 is 1.61 bits per heavy atom. The summed E-state index contributed by atoms with van der Waals surface area (Å²) >= 11 is 0. The molecule has 0 bridgehead atoms. The van der Waals surface area contributed by atoms with Crippen LogP contribution in [0.3, 0.4) is 0 Å². The smallest absolute Gasteiger partial charge is 0.269 e. The van der Waals surface area contributed by atoms with Crippen molar-refractivity contribution >= 4 is 17.1 Å². The third-order valence-electron chi connectivity index (χ3n) is 5.18. The second-order valence-corrected chi connectivity index (χ2v) is 6.92. The van der Waals surface area contributed by atoms with E-state index in [0.717, 1.165) is 16.9 Å². The summed E-state index contributed by atoms with van der Waals surface area (Å²) in [7, 11) is 3.81. The van der Waals surface area contributed by atoms with Crippen LogP contribution in [0, 0.1) is 24.0 Å². The average molecular weight is 375 g/mol. The van der Waals surface area contributed by atoms with Gasteiger partial charge in [-0.05, 0) is 65.9 Å². The summed E-state index contributed by atoms with van der Waals surface area (Å²) < 4.78 is 0. The highest BCUT2D eigenvalue weighted by atomic mass is 16.6. The normalized spacial score (nSPS) is 10.8. The molecule has 0 heterocycles. The van der Waals surface area contributed by atoms with Crippen molar-refractivity contribution in [3.8, 4) is 0 Å². The van der Waals surface area contributed by atoms with Crippen LogP contribution in [0.4, 0.5) is 17.1 Å². The van der Waals surface area contributed by atoms with Gasteiger partial charge in [-0.1, -0.05) is 24.3 Å². The first kappa shape index (κ1) is 19.4. The molecule has 0 atom stereocenters. The molecule has 0 aliphatic rings. The van der Waals surface area contributed by atoms with Crippen molar-refractivity contribution in [2.75, 3.05) is 24.7 Å². The number of hydrogen-bond donors (Lipinski definition) is 2. The van der Waals surface area contributed by atoms with Gasteiger partial charge in [0.05, 0.1) is 4.92 Å². The predicted octanol–water partition coefficient (Wildman–Crippen LogP) is 5.48. The minimum Gasteiger partial charge on any atom is -0.388 e. The predicted molar refractivity (Wildman–Crippen MR) is 115 cm³/mol. The summed E-state index contributed by atoms with van der Waals surface area (Å²) in [5, 5.41) is 17.4. The molecule has 0 aliphatic carbocycles. The van der Waals surface area contributed by atoms with Gasteiger partial charge < -0.3 is 10.6 Å². The van der Waals surface area contributed by atoms with Gasteiger partial charge in [-0.15, -0.1) is 0 Å². The number of aryl methyl sites for hydroxylation is 2. The van der Waals surface area contributed by atoms with Crippen LogP contribution in [0.2, 0.25) is 0 Å². The molecule has 3 aromatic carbocycles. The van der Waals surface area contributed by atoms with Crippen LogP contribution in [0.15, 0.2) is 60.7 Å². The Morgan fingerprint density at radius 1 is 0.786 bits per heavy atom. The van der Waals surface area contributed by atoms with Crippen molar-refractivity contribution in [1.82, 2.24) is 0 Å². The van der Waals surface area contributed by atoms with Crippen LogP contribution in [0.5, 0.6) is 0 Å². The highest BCUT2D eigenvalue weighted by Crippen LogP contribution is 2.37. The number of nitro benzene ring substituents is 1. The van der Waals surface area contributed by atoms with Crippen molar-refractivity contribution < 1.29 is 4.92 Å². The molecule has 3 aromatic rings. The lowest BCUT2D eigenvalue weighted by Crippen LogP contribution is -2.08. The zero-order valence-corrected chi connectivity index (χ0v) is 16.6. The Morgan fingerprint density at radius 2 is 1.25 bits per heavy atom. The molecule has 0 unspecified atom stereocenters. The van der Waals surface area contributed by atoms with Crippen LogP contribution in [-0.4, -0.2) is 19.0 Å². The summed E-state index contributed by atoms with van der Waals surface area (Å²) in [6.07, 6.45) is 0. The molecule has 144 valence electrons. The second kappa shape index (κ2) is 8.13. The van der Waals surface area contributed by atoms with E-state index in [9.17, 15) is 10.1 Å². The van der Waals surface area contributed by atoms with Crippen LogP contribution in [-0.2, 0) is 0 Å². The van der Waals surface area contributed by atoms with Gasteiger partial charge in [0.2, 0.25) is 0 Å². The van der Waals surface area contributed by atoms with Crippen molar-refractivity contribution in [2.45, 2.75) is 19.8 Å². The number of nitro groups is 1. The molecule has 0 spiro atoms. The van der Waals surface area contributed by atoms with Gasteiger partial charge in [0.15, 0.2) is 0 Å². The number of rotatable bonds is 6. The highest BCUT2D eigenvalue weighted by molar-refractivity contribution is 5.57. The van der Waals surface area contributed by atoms with Gasteiger partial charge >= 0.3 is 0 Å². The van der Waals surface area contributed by atoms with E-state index in [1.807, 2.05) is 26.2 Å². The lowest BCUT2D eigenvalue weighted by atomic mass is 9.81. The van der Waals surface area contributed by atoms with Crippen LogP contribution in [0.1, 0.15) is 33.7 Å². The van der Waals surface area contributed by atoms with Gasteiger partial charge in [-0.25, -0.2) is 0 Å². The molecule has 0 radical (unpaired) electrons. The molecule has 0 aromatic heterocycles. The maximum Gasteiger partial charge on any atom is 0.269 e. The topological polar surface area (TPSA) is 67.2 Å². The van der Waals surface area contributed by atoms with E-state index in [2.05, 4.69) is 60.9 Å². The number of anilines is 2. The largest absolute Gasteiger partial charge is 0.388 e. The Balaban J connectivity index is 2.18. The maximum absolute atomic E-state index is 11.1. The quantitative estimate of drug-likeness (QED) is 0.340. The van der Waals surface area contributed by atoms with Crippen molar-refractivity contribution in [2.24, 2.45) is 0 Å². The van der Waals surface area contributed by atoms with Crippen molar-refractivity contribution in [3.63, 3.8) is 0 Å². The van der Waals surface area contributed by atoms with Gasteiger partial charge in [-0.3, -0.25) is 10.1 Å². The third kappa shape index (κ3) is 3.83. The van der Waals surface area contributed by atoms with E-state index in [1.54, 1.807) is 12.1 Å². The highest BCUT2D eigenvalue weighted by Gasteiger charge is 2.21. The number of nitrogens with zero attached hydrogens (tertiary/aromatic N) is 1.